The van der Waals surface area contributed by atoms with Crippen molar-refractivity contribution in [2.24, 2.45) is 0 Å². The number of amides is 1. The van der Waals surface area contributed by atoms with Gasteiger partial charge in [-0.15, -0.1) is 0 Å². The van der Waals surface area contributed by atoms with Gasteiger partial charge in [-0.25, -0.2) is 9.37 Å². The van der Waals surface area contributed by atoms with Crippen LogP contribution in [0.25, 0.3) is 10.9 Å². The summed E-state index contributed by atoms with van der Waals surface area (Å²) < 4.78 is 14.3. The molecule has 116 valence electrons. The van der Waals surface area contributed by atoms with Crippen molar-refractivity contribution in [3.05, 3.63) is 70.5 Å². The number of hydrogen-bond acceptors (Lipinski definition) is 3. The summed E-state index contributed by atoms with van der Waals surface area (Å²) in [5.41, 5.74) is 1.44. The fourth-order valence-electron chi connectivity index (χ4n) is 2.33. The summed E-state index contributed by atoms with van der Waals surface area (Å²) in [5, 5.41) is 3.13. The Bertz CT molecular complexity index is 950. The number of halogens is 1. The van der Waals surface area contributed by atoms with Crippen molar-refractivity contribution in [1.82, 2.24) is 9.55 Å². The predicted octanol–water partition coefficient (Wildman–Crippen LogP) is 2.48. The van der Waals surface area contributed by atoms with Crippen LogP contribution in [0.5, 0.6) is 0 Å². The van der Waals surface area contributed by atoms with Crippen LogP contribution in [0.3, 0.4) is 0 Å². The van der Waals surface area contributed by atoms with Crippen LogP contribution in [-0.2, 0) is 11.3 Å². The Morgan fingerprint density at radius 1 is 1.26 bits per heavy atom. The molecule has 0 aliphatic carbocycles. The largest absolute Gasteiger partial charge is 0.324 e. The van der Waals surface area contributed by atoms with Gasteiger partial charge in [0.25, 0.3) is 5.56 Å². The van der Waals surface area contributed by atoms with E-state index in [-0.39, 0.29) is 23.8 Å². The van der Waals surface area contributed by atoms with E-state index in [4.69, 9.17) is 0 Å². The molecule has 0 saturated carbocycles. The third-order valence-corrected chi connectivity index (χ3v) is 3.51. The van der Waals surface area contributed by atoms with Crippen LogP contribution in [0.4, 0.5) is 10.1 Å². The first-order chi connectivity index (χ1) is 11.0. The number of carbonyl (C=O) groups is 1. The molecular weight excluding hydrogens is 297 g/mol. The summed E-state index contributed by atoms with van der Waals surface area (Å²) in [6, 6.07) is 11.0. The summed E-state index contributed by atoms with van der Waals surface area (Å²) in [4.78, 5) is 28.6. The lowest BCUT2D eigenvalue weighted by Gasteiger charge is -2.10. The van der Waals surface area contributed by atoms with Crippen LogP contribution in [0.15, 0.2) is 53.6 Å². The minimum atomic E-state index is -0.376. The highest BCUT2D eigenvalue weighted by molar-refractivity contribution is 5.91. The van der Waals surface area contributed by atoms with Gasteiger partial charge in [-0.2, -0.15) is 0 Å². The standard InChI is InChI=1S/C17H14FN3O2/c1-11-8-12(18)6-7-14(11)20-16(22)9-21-10-19-15-5-3-2-4-13(15)17(21)23/h2-8,10H,9H2,1H3,(H,20,22). The molecule has 1 heterocycles. The van der Waals surface area contributed by atoms with E-state index in [1.54, 1.807) is 31.2 Å². The topological polar surface area (TPSA) is 64.0 Å². The Morgan fingerprint density at radius 2 is 2.04 bits per heavy atom. The molecule has 0 radical (unpaired) electrons. The highest BCUT2D eigenvalue weighted by Crippen LogP contribution is 2.15. The van der Waals surface area contributed by atoms with Crippen molar-refractivity contribution in [2.45, 2.75) is 13.5 Å². The Morgan fingerprint density at radius 3 is 2.83 bits per heavy atom. The fraction of sp³-hybridized carbons (Fsp3) is 0.118. The highest BCUT2D eigenvalue weighted by Gasteiger charge is 2.09. The molecule has 1 amide bonds. The molecule has 0 unspecified atom stereocenters. The maximum atomic E-state index is 13.1. The van der Waals surface area contributed by atoms with Gasteiger partial charge in [0.2, 0.25) is 5.91 Å². The Labute approximate surface area is 131 Å². The predicted molar refractivity (Wildman–Crippen MR) is 85.8 cm³/mol. The summed E-state index contributed by atoms with van der Waals surface area (Å²) in [7, 11) is 0. The molecule has 6 heteroatoms. The van der Waals surface area contributed by atoms with Crippen LogP contribution >= 0.6 is 0 Å². The maximum absolute atomic E-state index is 13.1. The zero-order valence-electron chi connectivity index (χ0n) is 12.4. The lowest BCUT2D eigenvalue weighted by Crippen LogP contribution is -2.28. The lowest BCUT2D eigenvalue weighted by molar-refractivity contribution is -0.116. The van der Waals surface area contributed by atoms with Crippen LogP contribution in [0.2, 0.25) is 0 Å². The number of fused-ring (bicyclic) bond motifs is 1. The monoisotopic (exact) mass is 311 g/mol. The molecule has 0 aliphatic rings. The second-order valence-corrected chi connectivity index (χ2v) is 5.20. The number of rotatable bonds is 3. The third kappa shape index (κ3) is 3.11. The van der Waals surface area contributed by atoms with Gasteiger partial charge < -0.3 is 5.32 Å². The van der Waals surface area contributed by atoms with Crippen molar-refractivity contribution in [1.29, 1.82) is 0 Å². The molecule has 5 nitrogen and oxygen atoms in total. The number of carbonyl (C=O) groups excluding carboxylic acids is 1. The van der Waals surface area contributed by atoms with Crippen molar-refractivity contribution in [3.63, 3.8) is 0 Å². The van der Waals surface area contributed by atoms with Gasteiger partial charge in [0.05, 0.1) is 17.2 Å². The molecule has 2 aromatic carbocycles. The Balaban J connectivity index is 1.83. The van der Waals surface area contributed by atoms with E-state index in [0.29, 0.717) is 22.2 Å². The number of benzene rings is 2. The summed E-state index contributed by atoms with van der Waals surface area (Å²) >= 11 is 0. The molecule has 1 aromatic heterocycles. The van der Waals surface area contributed by atoms with E-state index in [9.17, 15) is 14.0 Å². The number of hydrogen-bond donors (Lipinski definition) is 1. The number of aryl methyl sites for hydroxylation is 1. The molecule has 1 N–H and O–H groups in total. The second-order valence-electron chi connectivity index (χ2n) is 5.20. The lowest BCUT2D eigenvalue weighted by atomic mass is 10.2. The van der Waals surface area contributed by atoms with Gasteiger partial charge in [0.15, 0.2) is 0 Å². The van der Waals surface area contributed by atoms with Crippen LogP contribution in [0.1, 0.15) is 5.56 Å². The van der Waals surface area contributed by atoms with Gasteiger partial charge in [-0.05, 0) is 42.8 Å². The van der Waals surface area contributed by atoms with Crippen molar-refractivity contribution >= 4 is 22.5 Å². The first-order valence-electron chi connectivity index (χ1n) is 7.05. The quantitative estimate of drug-likeness (QED) is 0.808. The Hall–Kier alpha value is -3.02. The second kappa shape index (κ2) is 6.00. The first kappa shape index (κ1) is 14.9. The van der Waals surface area contributed by atoms with Crippen LogP contribution < -0.4 is 10.9 Å². The smallest absolute Gasteiger partial charge is 0.261 e. The van der Waals surface area contributed by atoms with Crippen LogP contribution in [0, 0.1) is 12.7 Å². The van der Waals surface area contributed by atoms with E-state index >= 15 is 0 Å². The molecule has 23 heavy (non-hydrogen) atoms. The molecule has 0 saturated heterocycles. The van der Waals surface area contributed by atoms with E-state index in [0.717, 1.165) is 0 Å². The maximum Gasteiger partial charge on any atom is 0.261 e. The summed E-state index contributed by atoms with van der Waals surface area (Å²) in [5.74, 6) is -0.741. The van der Waals surface area contributed by atoms with Crippen molar-refractivity contribution in [3.8, 4) is 0 Å². The number of aromatic nitrogens is 2. The molecular formula is C17H14FN3O2. The average molecular weight is 311 g/mol. The van der Waals surface area contributed by atoms with E-state index in [2.05, 4.69) is 10.3 Å². The zero-order valence-corrected chi connectivity index (χ0v) is 12.4. The van der Waals surface area contributed by atoms with Gasteiger partial charge >= 0.3 is 0 Å². The molecule has 3 rings (SSSR count). The number of nitrogens with one attached hydrogen (secondary N) is 1. The number of para-hydroxylation sites is 1. The normalized spacial score (nSPS) is 10.7. The van der Waals surface area contributed by atoms with E-state index < -0.39 is 0 Å². The minimum Gasteiger partial charge on any atom is -0.324 e. The first-order valence-corrected chi connectivity index (χ1v) is 7.05. The summed E-state index contributed by atoms with van der Waals surface area (Å²) in [6.07, 6.45) is 1.35. The SMILES string of the molecule is Cc1cc(F)ccc1NC(=O)Cn1cnc2ccccc2c1=O. The number of anilines is 1. The van der Waals surface area contributed by atoms with Crippen LogP contribution in [-0.4, -0.2) is 15.5 Å². The fourth-order valence-corrected chi connectivity index (χ4v) is 2.33. The van der Waals surface area contributed by atoms with Crippen molar-refractivity contribution < 1.29 is 9.18 Å². The third-order valence-electron chi connectivity index (χ3n) is 3.51. The Kier molecular flexibility index (Phi) is 3.89. The molecule has 0 fully saturated rings. The van der Waals surface area contributed by atoms with Crippen molar-refractivity contribution in [2.75, 3.05) is 5.32 Å². The van der Waals surface area contributed by atoms with Gasteiger partial charge in [-0.3, -0.25) is 14.2 Å². The molecule has 0 bridgehead atoms. The molecule has 3 aromatic rings. The summed E-state index contributed by atoms with van der Waals surface area (Å²) in [6.45, 7) is 1.54. The number of nitrogens with zero attached hydrogens (tertiary/aromatic N) is 2. The molecule has 0 atom stereocenters. The molecule has 0 aliphatic heterocycles. The van der Waals surface area contributed by atoms with Gasteiger partial charge in [-0.1, -0.05) is 12.1 Å². The highest BCUT2D eigenvalue weighted by atomic mass is 19.1. The van der Waals surface area contributed by atoms with Gasteiger partial charge in [0, 0.05) is 5.69 Å². The molecule has 0 spiro atoms. The van der Waals surface area contributed by atoms with E-state index in [1.807, 2.05) is 0 Å². The minimum absolute atomic E-state index is 0.159. The van der Waals surface area contributed by atoms with E-state index in [1.165, 1.54) is 29.1 Å². The zero-order chi connectivity index (χ0) is 16.4. The van der Waals surface area contributed by atoms with Gasteiger partial charge in [0.1, 0.15) is 12.4 Å². The average Bonchev–Trinajstić information content (AvgIpc) is 2.53.